The van der Waals surface area contributed by atoms with Crippen LogP contribution in [0.5, 0.6) is 0 Å². The maximum absolute atomic E-state index is 13.4. The lowest BCUT2D eigenvalue weighted by atomic mass is 9.96. The Morgan fingerprint density at radius 3 is 1.29 bits per heavy atom. The summed E-state index contributed by atoms with van der Waals surface area (Å²) < 4.78 is 34.2. The summed E-state index contributed by atoms with van der Waals surface area (Å²) in [7, 11) is 0. The summed E-state index contributed by atoms with van der Waals surface area (Å²) in [6.45, 7) is 1.54. The minimum Gasteiger partial charge on any atom is -0.394 e. The fourth-order valence-corrected chi connectivity index (χ4v) is 10.2. The van der Waals surface area contributed by atoms with Crippen molar-refractivity contribution in [3.63, 3.8) is 0 Å². The van der Waals surface area contributed by atoms with E-state index in [1.54, 1.807) is 6.08 Å². The summed E-state index contributed by atoms with van der Waals surface area (Å²) >= 11 is 0. The van der Waals surface area contributed by atoms with Gasteiger partial charge in [0.25, 0.3) is 0 Å². The number of nitrogens with one attached hydrogen (secondary N) is 1. The number of carbonyl (C=O) groups excluding carboxylic acids is 1. The molecule has 3 aliphatic heterocycles. The largest absolute Gasteiger partial charge is 0.394 e. The van der Waals surface area contributed by atoms with E-state index in [9.17, 15) is 61.0 Å². The minimum absolute atomic E-state index is 0.215. The number of unbranched alkanes of at least 4 members (excludes halogenated alkanes) is 15. The van der Waals surface area contributed by atoms with Crippen molar-refractivity contribution in [1.29, 1.82) is 0 Å². The Hall–Kier alpha value is -3.55. The summed E-state index contributed by atoms with van der Waals surface area (Å²) in [4.78, 5) is 13.4. The molecule has 498 valence electrons. The molecule has 19 heteroatoms. The molecule has 1 amide bonds. The average Bonchev–Trinajstić information content (AvgIpc) is 1.10. The van der Waals surface area contributed by atoms with Crippen LogP contribution in [0.4, 0.5) is 0 Å². The van der Waals surface area contributed by atoms with Crippen LogP contribution in [0.3, 0.4) is 0 Å². The van der Waals surface area contributed by atoms with E-state index in [-0.39, 0.29) is 18.9 Å². The minimum atomic E-state index is -1.99. The van der Waals surface area contributed by atoms with Gasteiger partial charge >= 0.3 is 0 Å². The van der Waals surface area contributed by atoms with Gasteiger partial charge in [-0.25, -0.2) is 0 Å². The molecule has 0 radical (unpaired) electrons. The molecule has 0 aromatic heterocycles. The second-order valence-corrected chi connectivity index (χ2v) is 22.8. The van der Waals surface area contributed by atoms with Crippen LogP contribution in [-0.4, -0.2) is 193 Å². The normalized spacial score (nSPS) is 29.3. The molecule has 0 bridgehead atoms. The third-order valence-corrected chi connectivity index (χ3v) is 15.5. The molecule has 19 nitrogen and oxygen atoms in total. The highest BCUT2D eigenvalue weighted by atomic mass is 16.8. The number of hydrogen-bond donors (Lipinski definition) is 12. The van der Waals surface area contributed by atoms with Crippen molar-refractivity contribution in [2.75, 3.05) is 26.4 Å². The second-order valence-electron chi connectivity index (χ2n) is 22.8. The number of allylic oxidation sites excluding steroid dienone is 17. The Morgan fingerprint density at radius 2 is 0.805 bits per heavy atom. The van der Waals surface area contributed by atoms with Crippen LogP contribution in [0, 0.1) is 0 Å². The third-order valence-electron chi connectivity index (χ3n) is 15.5. The molecule has 12 N–H and O–H groups in total. The number of carbonyl (C=O) groups is 1. The first kappa shape index (κ1) is 77.7. The number of hydrogen-bond acceptors (Lipinski definition) is 18. The fraction of sp³-hybridized carbons (Fsp3) is 0.721. The highest BCUT2D eigenvalue weighted by molar-refractivity contribution is 5.76. The van der Waals surface area contributed by atoms with E-state index in [0.717, 1.165) is 109 Å². The highest BCUT2D eigenvalue weighted by Gasteiger charge is 2.53. The van der Waals surface area contributed by atoms with Crippen LogP contribution >= 0.6 is 0 Å². The topological polar surface area (TPSA) is 307 Å². The molecule has 0 aromatic carbocycles. The standard InChI is InChI=1S/C68H113NO18/c1-3-5-7-9-11-13-15-17-19-20-21-22-23-24-25-26-27-28-29-30-32-34-36-38-40-42-44-46-56(74)69-51(52(73)45-43-41-39-37-35-33-31-18-16-14-12-10-8-6-4-2)50-82-66-62(80)59(77)64(54(48-71)84-66)87-68-63(81)60(78)65(55(49-72)85-68)86-67-61(79)58(76)57(75)53(47-70)83-67/h5,7,11,13,16-19,21-22,24-25,27-28,35,37,43,45,51-55,57-68,70-73,75-81H,3-4,6,8-10,12,14-15,20,23,26,29-34,36,38-42,44,46-50H2,1-2H3,(H,69,74)/b7-5-,13-11-,18-16+,19-17-,22-21-,25-24-,28-27-,37-35+,45-43+. The molecule has 3 heterocycles. The van der Waals surface area contributed by atoms with Crippen molar-refractivity contribution in [3.05, 3.63) is 109 Å². The SMILES string of the molecule is CC/C=C\C/C=C\C/C=C\C/C=C\C/C=C\C/C=C\CCCCCCCCCCC(=O)NC(COC1OC(CO)C(OC2OC(CO)C(OC3OC(CO)C(O)C(O)C3O)C(O)C2O)C(O)C1O)C(O)/C=C/CC/C=C/CC/C=C/CCCCCCC. The Balaban J connectivity index is 1.46. The zero-order valence-corrected chi connectivity index (χ0v) is 52.2. The molecule has 3 aliphatic rings. The van der Waals surface area contributed by atoms with Gasteiger partial charge in [0.05, 0.1) is 38.6 Å². The van der Waals surface area contributed by atoms with Gasteiger partial charge in [-0.05, 0) is 96.3 Å². The van der Waals surface area contributed by atoms with Gasteiger partial charge in [-0.15, -0.1) is 0 Å². The van der Waals surface area contributed by atoms with Gasteiger partial charge in [0.15, 0.2) is 18.9 Å². The van der Waals surface area contributed by atoms with E-state index in [1.807, 2.05) is 6.08 Å². The molecular formula is C68H113NO18. The fourth-order valence-electron chi connectivity index (χ4n) is 10.2. The van der Waals surface area contributed by atoms with Gasteiger partial charge in [-0.1, -0.05) is 187 Å². The predicted molar refractivity (Wildman–Crippen MR) is 337 cm³/mol. The molecule has 0 aromatic rings. The first-order valence-corrected chi connectivity index (χ1v) is 32.6. The number of ether oxygens (including phenoxy) is 6. The number of rotatable bonds is 47. The molecular weight excluding hydrogens is 1120 g/mol. The van der Waals surface area contributed by atoms with Crippen molar-refractivity contribution in [2.24, 2.45) is 0 Å². The van der Waals surface area contributed by atoms with Crippen molar-refractivity contribution in [3.8, 4) is 0 Å². The zero-order chi connectivity index (χ0) is 63.3. The molecule has 3 saturated heterocycles. The van der Waals surface area contributed by atoms with E-state index in [0.29, 0.717) is 12.8 Å². The smallest absolute Gasteiger partial charge is 0.220 e. The van der Waals surface area contributed by atoms with E-state index >= 15 is 0 Å². The molecule has 0 aliphatic carbocycles. The quantitative estimate of drug-likeness (QED) is 0.0207. The second kappa shape index (κ2) is 49.2. The lowest BCUT2D eigenvalue weighted by Gasteiger charge is -2.48. The molecule has 17 unspecified atom stereocenters. The van der Waals surface area contributed by atoms with E-state index in [4.69, 9.17) is 28.4 Å². The van der Waals surface area contributed by atoms with Gasteiger partial charge in [0.2, 0.25) is 5.91 Å². The van der Waals surface area contributed by atoms with Crippen molar-refractivity contribution in [1.82, 2.24) is 5.32 Å². The first-order chi connectivity index (χ1) is 42.3. The van der Waals surface area contributed by atoms with Gasteiger partial charge in [-0.3, -0.25) is 4.79 Å². The molecule has 0 saturated carbocycles. The van der Waals surface area contributed by atoms with Crippen LogP contribution in [0.25, 0.3) is 0 Å². The molecule has 3 fully saturated rings. The Bertz CT molecular complexity index is 2000. The zero-order valence-electron chi connectivity index (χ0n) is 52.2. The molecule has 87 heavy (non-hydrogen) atoms. The van der Waals surface area contributed by atoms with Crippen LogP contribution in [0.2, 0.25) is 0 Å². The van der Waals surface area contributed by atoms with Crippen molar-refractivity contribution < 1.29 is 89.4 Å². The predicted octanol–water partition coefficient (Wildman–Crippen LogP) is 7.49. The lowest BCUT2D eigenvalue weighted by Crippen LogP contribution is -2.66. The highest BCUT2D eigenvalue weighted by Crippen LogP contribution is 2.33. The summed E-state index contributed by atoms with van der Waals surface area (Å²) in [5.74, 6) is -0.305. The maximum Gasteiger partial charge on any atom is 0.220 e. The summed E-state index contributed by atoms with van der Waals surface area (Å²) in [5.41, 5.74) is 0. The lowest BCUT2D eigenvalue weighted by molar-refractivity contribution is -0.379. The average molecular weight is 1230 g/mol. The van der Waals surface area contributed by atoms with Crippen molar-refractivity contribution in [2.45, 2.75) is 285 Å². The van der Waals surface area contributed by atoms with Gasteiger partial charge in [-0.2, -0.15) is 0 Å². The van der Waals surface area contributed by atoms with Gasteiger partial charge in [0, 0.05) is 6.42 Å². The Labute approximate surface area is 519 Å². The molecule has 0 spiro atoms. The molecule has 3 rings (SSSR count). The van der Waals surface area contributed by atoms with E-state index < -0.39 is 124 Å². The Morgan fingerprint density at radius 1 is 0.425 bits per heavy atom. The Kier molecular flexibility index (Phi) is 43.9. The van der Waals surface area contributed by atoms with Crippen LogP contribution in [-0.2, 0) is 33.2 Å². The maximum atomic E-state index is 13.4. The number of aliphatic hydroxyl groups excluding tert-OH is 11. The van der Waals surface area contributed by atoms with Crippen LogP contribution in [0.15, 0.2) is 109 Å². The first-order valence-electron chi connectivity index (χ1n) is 32.6. The van der Waals surface area contributed by atoms with Crippen molar-refractivity contribution >= 4 is 5.91 Å². The van der Waals surface area contributed by atoms with E-state index in [2.05, 4.69) is 116 Å². The molecule has 17 atom stereocenters. The number of aliphatic hydroxyl groups is 11. The van der Waals surface area contributed by atoms with Gasteiger partial charge in [0.1, 0.15) is 73.2 Å². The van der Waals surface area contributed by atoms with Crippen LogP contribution in [0.1, 0.15) is 181 Å². The van der Waals surface area contributed by atoms with Crippen LogP contribution < -0.4 is 5.32 Å². The summed E-state index contributed by atoms with van der Waals surface area (Å²) in [6.07, 6.45) is 37.7. The van der Waals surface area contributed by atoms with E-state index in [1.165, 1.54) is 38.5 Å². The third kappa shape index (κ3) is 31.8. The summed E-state index contributed by atoms with van der Waals surface area (Å²) in [6, 6.07) is -1.01. The monoisotopic (exact) mass is 1230 g/mol. The summed E-state index contributed by atoms with van der Waals surface area (Å²) in [5, 5.41) is 120. The number of amides is 1. The van der Waals surface area contributed by atoms with Gasteiger partial charge < -0.3 is 89.9 Å².